The van der Waals surface area contributed by atoms with Crippen LogP contribution in [0.5, 0.6) is 0 Å². The number of unbranched alkanes of at least 4 members (excludes halogenated alkanes) is 28. The molecular weight excluding hydrogens is 683 g/mol. The number of rotatable bonds is 43. The molecule has 324 valence electrons. The van der Waals surface area contributed by atoms with Gasteiger partial charge in [0.05, 0.1) is 18.8 Å². The lowest BCUT2D eigenvalue weighted by molar-refractivity contribution is -0.132. The van der Waals surface area contributed by atoms with Gasteiger partial charge in [0.15, 0.2) is 0 Å². The minimum atomic E-state index is -1.29. The second kappa shape index (κ2) is 43.6. The normalized spacial score (nSPS) is 14.4. The second-order valence-electron chi connectivity index (χ2n) is 16.4. The maximum atomic E-state index is 12.5. The fourth-order valence-electron chi connectivity index (χ4n) is 7.26. The number of allylic oxidation sites excluding steroid dienone is 6. The van der Waals surface area contributed by atoms with Crippen molar-refractivity contribution in [3.8, 4) is 0 Å². The molecule has 4 unspecified atom stereocenters. The van der Waals surface area contributed by atoms with E-state index in [1.165, 1.54) is 154 Å². The summed E-state index contributed by atoms with van der Waals surface area (Å²) in [5.74, 6) is -0.597. The monoisotopic (exact) mass is 776 g/mol. The zero-order chi connectivity index (χ0) is 40.3. The van der Waals surface area contributed by atoms with Crippen molar-refractivity contribution in [2.24, 2.45) is 0 Å². The summed E-state index contributed by atoms with van der Waals surface area (Å²) in [6, 6.07) is -1.01. The molecule has 5 N–H and O–H groups in total. The molecule has 0 spiro atoms. The van der Waals surface area contributed by atoms with Gasteiger partial charge in [-0.15, -0.1) is 0 Å². The molecule has 6 heteroatoms. The number of aliphatic hydroxyl groups excluding tert-OH is 4. The highest BCUT2D eigenvalue weighted by Crippen LogP contribution is 2.16. The van der Waals surface area contributed by atoms with Crippen LogP contribution in [0.4, 0.5) is 0 Å². The molecule has 0 aliphatic rings. The third-order valence-corrected chi connectivity index (χ3v) is 11.1. The first-order valence-corrected chi connectivity index (χ1v) is 23.9. The van der Waals surface area contributed by atoms with Gasteiger partial charge in [0.2, 0.25) is 5.91 Å². The molecule has 0 rings (SSSR count). The van der Waals surface area contributed by atoms with E-state index >= 15 is 0 Å². The molecule has 0 radical (unpaired) electrons. The van der Waals surface area contributed by atoms with Crippen molar-refractivity contribution in [1.82, 2.24) is 5.32 Å². The summed E-state index contributed by atoms with van der Waals surface area (Å²) in [6.45, 7) is 4.03. The van der Waals surface area contributed by atoms with E-state index in [1.54, 1.807) is 0 Å². The van der Waals surface area contributed by atoms with Crippen molar-refractivity contribution >= 4 is 5.91 Å². The van der Waals surface area contributed by atoms with Crippen LogP contribution in [0.25, 0.3) is 0 Å². The maximum Gasteiger partial charge on any atom is 0.249 e. The van der Waals surface area contributed by atoms with Gasteiger partial charge in [-0.1, -0.05) is 211 Å². The lowest BCUT2D eigenvalue weighted by Crippen LogP contribution is -2.53. The van der Waals surface area contributed by atoms with E-state index < -0.39 is 36.9 Å². The number of carbonyl (C=O) groups is 1. The van der Waals surface area contributed by atoms with Gasteiger partial charge in [0, 0.05) is 0 Å². The molecule has 0 aromatic carbocycles. The average Bonchev–Trinajstić information content (AvgIpc) is 3.19. The summed E-state index contributed by atoms with van der Waals surface area (Å²) >= 11 is 0. The standard InChI is InChI=1S/C49H93NO5/c1-3-5-7-9-11-13-15-17-19-21-22-23-24-25-27-29-31-33-35-37-39-41-43-47(53)49(55)50-45(44-51)48(54)46(52)42-40-38-36-34-32-30-28-26-20-18-16-14-12-10-8-6-4-2/h14,16,26,28,34,36,45-48,51-54H,3-13,15,17-25,27,29-33,35,37-44H2,1-2H3,(H,50,55)/b16-14+,28-26+,36-34+. The Bertz CT molecular complexity index is 873. The Balaban J connectivity index is 3.74. The second-order valence-corrected chi connectivity index (χ2v) is 16.4. The van der Waals surface area contributed by atoms with Crippen molar-refractivity contribution < 1.29 is 25.2 Å². The molecule has 0 fully saturated rings. The molecule has 55 heavy (non-hydrogen) atoms. The van der Waals surface area contributed by atoms with Crippen LogP contribution in [0.3, 0.4) is 0 Å². The average molecular weight is 776 g/mol. The Hall–Kier alpha value is -1.47. The lowest BCUT2D eigenvalue weighted by atomic mass is 10.00. The molecule has 0 saturated carbocycles. The molecule has 0 heterocycles. The molecule has 0 aromatic rings. The van der Waals surface area contributed by atoms with Gasteiger partial charge in [-0.25, -0.2) is 0 Å². The molecule has 0 aliphatic carbocycles. The van der Waals surface area contributed by atoms with Gasteiger partial charge in [0.1, 0.15) is 12.2 Å². The smallest absolute Gasteiger partial charge is 0.249 e. The summed E-state index contributed by atoms with van der Waals surface area (Å²) < 4.78 is 0. The van der Waals surface area contributed by atoms with Crippen LogP contribution in [-0.2, 0) is 4.79 Å². The summed E-state index contributed by atoms with van der Waals surface area (Å²) in [5.41, 5.74) is 0. The van der Waals surface area contributed by atoms with E-state index in [1.807, 2.05) is 0 Å². The quantitative estimate of drug-likeness (QED) is 0.0313. The number of aliphatic hydroxyl groups is 4. The van der Waals surface area contributed by atoms with Crippen molar-refractivity contribution in [1.29, 1.82) is 0 Å². The summed E-state index contributed by atoms with van der Waals surface area (Å²) in [4.78, 5) is 12.5. The van der Waals surface area contributed by atoms with Gasteiger partial charge in [-0.3, -0.25) is 4.79 Å². The Morgan fingerprint density at radius 3 is 1.15 bits per heavy atom. The summed E-state index contributed by atoms with van der Waals surface area (Å²) in [7, 11) is 0. The highest BCUT2D eigenvalue weighted by atomic mass is 16.3. The SMILES string of the molecule is CCCCCC/C=C/CC/C=C/CC/C=C/CCCC(O)C(O)C(CO)NC(=O)C(O)CCCCCCCCCCCCCCCCCCCCCCCC. The van der Waals surface area contributed by atoms with E-state index in [4.69, 9.17) is 0 Å². The van der Waals surface area contributed by atoms with Crippen molar-refractivity contribution in [3.05, 3.63) is 36.5 Å². The zero-order valence-electron chi connectivity index (χ0n) is 36.4. The van der Waals surface area contributed by atoms with Crippen molar-refractivity contribution in [2.45, 2.75) is 263 Å². The molecule has 0 bridgehead atoms. The predicted octanol–water partition coefficient (Wildman–Crippen LogP) is 12.9. The molecule has 6 nitrogen and oxygen atoms in total. The van der Waals surface area contributed by atoms with Crippen LogP contribution >= 0.6 is 0 Å². The Morgan fingerprint density at radius 2 is 0.764 bits per heavy atom. The zero-order valence-corrected chi connectivity index (χ0v) is 36.4. The Labute approximate surface area is 341 Å². The third kappa shape index (κ3) is 37.8. The minimum absolute atomic E-state index is 0.362. The van der Waals surface area contributed by atoms with E-state index in [9.17, 15) is 25.2 Å². The van der Waals surface area contributed by atoms with Crippen LogP contribution in [-0.4, -0.2) is 57.3 Å². The van der Waals surface area contributed by atoms with Crippen LogP contribution in [0, 0.1) is 0 Å². The Morgan fingerprint density at radius 1 is 0.436 bits per heavy atom. The van der Waals surface area contributed by atoms with Gasteiger partial charge in [0.25, 0.3) is 0 Å². The molecule has 0 aromatic heterocycles. The van der Waals surface area contributed by atoms with Crippen molar-refractivity contribution in [3.63, 3.8) is 0 Å². The van der Waals surface area contributed by atoms with E-state index in [0.717, 1.165) is 51.4 Å². The topological polar surface area (TPSA) is 110 Å². The molecule has 1 amide bonds. The highest BCUT2D eigenvalue weighted by Gasteiger charge is 2.28. The first kappa shape index (κ1) is 53.5. The van der Waals surface area contributed by atoms with Gasteiger partial charge < -0.3 is 25.7 Å². The van der Waals surface area contributed by atoms with Crippen LogP contribution in [0.15, 0.2) is 36.5 Å². The highest BCUT2D eigenvalue weighted by molar-refractivity contribution is 5.80. The molecule has 0 saturated heterocycles. The first-order chi connectivity index (χ1) is 27.0. The number of hydrogen-bond acceptors (Lipinski definition) is 5. The summed E-state index contributed by atoms with van der Waals surface area (Å²) in [6.07, 6.45) is 51.8. The fraction of sp³-hybridized carbons (Fsp3) is 0.857. The van der Waals surface area contributed by atoms with E-state index in [-0.39, 0.29) is 0 Å². The number of amides is 1. The van der Waals surface area contributed by atoms with Crippen LogP contribution in [0.1, 0.15) is 239 Å². The third-order valence-electron chi connectivity index (χ3n) is 11.1. The van der Waals surface area contributed by atoms with E-state index in [2.05, 4.69) is 55.6 Å². The van der Waals surface area contributed by atoms with Crippen LogP contribution < -0.4 is 5.32 Å². The summed E-state index contributed by atoms with van der Waals surface area (Å²) in [5, 5.41) is 43.7. The Kier molecular flexibility index (Phi) is 42.5. The van der Waals surface area contributed by atoms with E-state index in [0.29, 0.717) is 19.3 Å². The molecular formula is C49H93NO5. The van der Waals surface area contributed by atoms with Crippen molar-refractivity contribution in [2.75, 3.05) is 6.61 Å². The molecule has 0 aliphatic heterocycles. The maximum absolute atomic E-state index is 12.5. The van der Waals surface area contributed by atoms with Gasteiger partial charge >= 0.3 is 0 Å². The number of hydrogen-bond donors (Lipinski definition) is 5. The predicted molar refractivity (Wildman–Crippen MR) is 237 cm³/mol. The molecule has 4 atom stereocenters. The lowest BCUT2D eigenvalue weighted by Gasteiger charge is -2.27. The minimum Gasteiger partial charge on any atom is -0.394 e. The fourth-order valence-corrected chi connectivity index (χ4v) is 7.26. The van der Waals surface area contributed by atoms with Crippen LogP contribution in [0.2, 0.25) is 0 Å². The number of carbonyl (C=O) groups excluding carboxylic acids is 1. The largest absolute Gasteiger partial charge is 0.394 e. The number of nitrogens with one attached hydrogen (secondary N) is 1. The van der Waals surface area contributed by atoms with Gasteiger partial charge in [-0.05, 0) is 64.2 Å². The first-order valence-electron chi connectivity index (χ1n) is 23.9. The van der Waals surface area contributed by atoms with Gasteiger partial charge in [-0.2, -0.15) is 0 Å².